The van der Waals surface area contributed by atoms with Gasteiger partial charge in [0.2, 0.25) is 0 Å². The zero-order valence-electron chi connectivity index (χ0n) is 18.5. The first-order valence-corrected chi connectivity index (χ1v) is 13.6. The van der Waals surface area contributed by atoms with Crippen molar-refractivity contribution in [3.63, 3.8) is 0 Å². The van der Waals surface area contributed by atoms with Crippen LogP contribution in [0.25, 0.3) is 21.9 Å². The third-order valence-corrected chi connectivity index (χ3v) is 7.99. The van der Waals surface area contributed by atoms with Crippen LogP contribution in [0.1, 0.15) is 24.4 Å². The Hall–Kier alpha value is -2.42. The van der Waals surface area contributed by atoms with Crippen LogP contribution in [0.2, 0.25) is 0 Å². The van der Waals surface area contributed by atoms with Crippen molar-refractivity contribution in [1.82, 2.24) is 9.55 Å². The zero-order chi connectivity index (χ0) is 23.2. The van der Waals surface area contributed by atoms with Crippen molar-refractivity contribution >= 4 is 47.7 Å². The minimum atomic E-state index is -3.52. The summed E-state index contributed by atoms with van der Waals surface area (Å²) < 4.78 is 40.3. The fraction of sp³-hybridized carbons (Fsp3) is 0.320. The number of ether oxygens (including phenoxy) is 2. The molecule has 1 saturated heterocycles. The topological polar surface area (TPSA) is 70.4 Å². The van der Waals surface area contributed by atoms with Crippen LogP contribution < -0.4 is 4.74 Å². The highest BCUT2D eigenvalue weighted by atomic mass is 79.9. The first-order valence-electron chi connectivity index (χ1n) is 10.9. The Labute approximate surface area is 201 Å². The average Bonchev–Trinajstić information content (AvgIpc) is 3.13. The summed E-state index contributed by atoms with van der Waals surface area (Å²) in [4.78, 5) is 4.99. The number of halogens is 1. The molecule has 0 N–H and O–H groups in total. The molecule has 1 aliphatic rings. The lowest BCUT2D eigenvalue weighted by molar-refractivity contribution is 0.0552. The molecule has 4 aromatic rings. The monoisotopic (exact) mass is 528 g/mol. The fourth-order valence-corrected chi connectivity index (χ4v) is 6.20. The van der Waals surface area contributed by atoms with Crippen LogP contribution in [0.3, 0.4) is 0 Å². The van der Waals surface area contributed by atoms with Crippen molar-refractivity contribution in [1.29, 1.82) is 0 Å². The van der Waals surface area contributed by atoms with E-state index in [2.05, 4.69) is 32.6 Å². The van der Waals surface area contributed by atoms with Crippen molar-refractivity contribution in [3.05, 3.63) is 64.8 Å². The highest BCUT2D eigenvalue weighted by molar-refractivity contribution is 9.10. The van der Waals surface area contributed by atoms with Gasteiger partial charge in [-0.2, -0.15) is 0 Å². The molecule has 1 fully saturated rings. The maximum Gasteiger partial charge on any atom is 0.177 e. The molecule has 33 heavy (non-hydrogen) atoms. The normalized spacial score (nSPS) is 16.3. The van der Waals surface area contributed by atoms with Gasteiger partial charge in [0.15, 0.2) is 9.84 Å². The minimum absolute atomic E-state index is 0.0844. The Bertz CT molecular complexity index is 1430. The third kappa shape index (κ3) is 3.94. The zero-order valence-corrected chi connectivity index (χ0v) is 20.9. The van der Waals surface area contributed by atoms with Crippen molar-refractivity contribution in [2.45, 2.75) is 23.8 Å². The van der Waals surface area contributed by atoms with Gasteiger partial charge in [-0.3, -0.25) is 4.98 Å². The molecule has 0 bridgehead atoms. The summed E-state index contributed by atoms with van der Waals surface area (Å²) in [6, 6.07) is 15.6. The fourth-order valence-electron chi connectivity index (χ4n) is 5.02. The largest absolute Gasteiger partial charge is 0.496 e. The summed E-state index contributed by atoms with van der Waals surface area (Å²) in [6.45, 7) is 1.38. The molecule has 2 aromatic carbocycles. The molecule has 0 unspecified atom stereocenters. The molecule has 172 valence electrons. The second kappa shape index (κ2) is 8.74. The summed E-state index contributed by atoms with van der Waals surface area (Å²) in [5.74, 6) is 0.882. The van der Waals surface area contributed by atoms with E-state index in [1.807, 2.05) is 24.3 Å². The van der Waals surface area contributed by atoms with Crippen LogP contribution in [0.4, 0.5) is 0 Å². The first kappa shape index (κ1) is 22.4. The molecule has 2 aromatic heterocycles. The predicted octanol–water partition coefficient (Wildman–Crippen LogP) is 5.38. The molecule has 3 heterocycles. The Morgan fingerprint density at radius 3 is 2.55 bits per heavy atom. The molecule has 0 aliphatic carbocycles. The molecule has 8 heteroatoms. The molecule has 0 radical (unpaired) electrons. The number of rotatable bonds is 5. The quantitative estimate of drug-likeness (QED) is 0.347. The number of aromatic nitrogens is 2. The van der Waals surface area contributed by atoms with Gasteiger partial charge >= 0.3 is 0 Å². The van der Waals surface area contributed by atoms with Crippen molar-refractivity contribution < 1.29 is 17.9 Å². The minimum Gasteiger partial charge on any atom is -0.496 e. The van der Waals surface area contributed by atoms with E-state index in [0.717, 1.165) is 39.3 Å². The van der Waals surface area contributed by atoms with Crippen molar-refractivity contribution in [2.24, 2.45) is 5.92 Å². The number of pyridine rings is 1. The SMILES string of the molecule is COc1ccc(S(C)(=O)=O)c2c1c1ncc(Br)cc1n2[C@H](c1ccccc1)C1CCOCC1. The number of hydrogen-bond donors (Lipinski definition) is 0. The van der Waals surface area contributed by atoms with E-state index in [9.17, 15) is 8.42 Å². The van der Waals surface area contributed by atoms with Crippen molar-refractivity contribution in [3.8, 4) is 5.75 Å². The second-order valence-corrected chi connectivity index (χ2v) is 11.4. The molecule has 0 amide bonds. The Morgan fingerprint density at radius 2 is 1.88 bits per heavy atom. The van der Waals surface area contributed by atoms with E-state index < -0.39 is 9.84 Å². The van der Waals surface area contributed by atoms with Crippen LogP contribution in [-0.4, -0.2) is 44.5 Å². The summed E-state index contributed by atoms with van der Waals surface area (Å²) in [5, 5.41) is 0.718. The number of sulfone groups is 1. The smallest absolute Gasteiger partial charge is 0.177 e. The number of methoxy groups -OCH3 is 1. The summed E-state index contributed by atoms with van der Waals surface area (Å²) in [5.41, 5.74) is 3.36. The highest BCUT2D eigenvalue weighted by Crippen LogP contribution is 2.45. The van der Waals surface area contributed by atoms with Gasteiger partial charge in [-0.25, -0.2) is 8.42 Å². The number of fused-ring (bicyclic) bond motifs is 3. The number of nitrogens with zero attached hydrogens (tertiary/aromatic N) is 2. The summed E-state index contributed by atoms with van der Waals surface area (Å²) in [6.07, 6.45) is 4.77. The van der Waals surface area contributed by atoms with Gasteiger partial charge in [-0.15, -0.1) is 0 Å². The van der Waals surface area contributed by atoms with Crippen molar-refractivity contribution in [2.75, 3.05) is 26.6 Å². The van der Waals surface area contributed by atoms with Gasteiger partial charge in [0, 0.05) is 30.1 Å². The van der Waals surface area contributed by atoms with Gasteiger partial charge in [-0.05, 0) is 58.5 Å². The third-order valence-electron chi connectivity index (χ3n) is 6.43. The Balaban J connectivity index is 1.97. The molecule has 6 nitrogen and oxygen atoms in total. The lowest BCUT2D eigenvalue weighted by Gasteiger charge is -2.33. The first-order chi connectivity index (χ1) is 15.9. The Morgan fingerprint density at radius 1 is 1.15 bits per heavy atom. The van der Waals surface area contributed by atoms with Crippen LogP contribution in [-0.2, 0) is 14.6 Å². The molecular weight excluding hydrogens is 504 g/mol. The molecule has 5 rings (SSSR count). The highest BCUT2D eigenvalue weighted by Gasteiger charge is 2.33. The van der Waals surface area contributed by atoms with Gasteiger partial charge in [-0.1, -0.05) is 30.3 Å². The van der Waals surface area contributed by atoms with E-state index in [0.29, 0.717) is 24.5 Å². The number of benzene rings is 2. The molecule has 0 spiro atoms. The predicted molar refractivity (Wildman–Crippen MR) is 133 cm³/mol. The standard InChI is InChI=1S/C25H25BrN2O4S/c1-31-20-8-9-21(33(2,29)30)25-22(20)23-19(14-18(26)15-27-23)28(25)24(16-6-4-3-5-7-16)17-10-12-32-13-11-17/h3-9,14-15,17,24H,10-13H2,1-2H3/t24-/m1/s1. The second-order valence-electron chi connectivity index (χ2n) is 8.46. The van der Waals surface area contributed by atoms with Gasteiger partial charge in [0.1, 0.15) is 5.75 Å². The summed E-state index contributed by atoms with van der Waals surface area (Å²) >= 11 is 3.57. The molecule has 0 saturated carbocycles. The van der Waals surface area contributed by atoms with Crippen LogP contribution in [0.15, 0.2) is 64.1 Å². The lowest BCUT2D eigenvalue weighted by atomic mass is 9.86. The van der Waals surface area contributed by atoms with E-state index in [1.165, 1.54) is 6.26 Å². The van der Waals surface area contributed by atoms with E-state index in [4.69, 9.17) is 14.5 Å². The van der Waals surface area contributed by atoms with Gasteiger partial charge in [0.05, 0.1) is 40.0 Å². The Kier molecular flexibility index (Phi) is 5.93. The maximum absolute atomic E-state index is 13.0. The van der Waals surface area contributed by atoms with E-state index >= 15 is 0 Å². The maximum atomic E-state index is 13.0. The van der Waals surface area contributed by atoms with E-state index in [-0.39, 0.29) is 16.9 Å². The van der Waals surface area contributed by atoms with E-state index in [1.54, 1.807) is 25.4 Å². The lowest BCUT2D eigenvalue weighted by Crippen LogP contribution is -2.27. The van der Waals surface area contributed by atoms with Crippen LogP contribution in [0.5, 0.6) is 5.75 Å². The van der Waals surface area contributed by atoms with Crippen LogP contribution in [0, 0.1) is 5.92 Å². The summed E-state index contributed by atoms with van der Waals surface area (Å²) in [7, 11) is -1.92. The van der Waals surface area contributed by atoms with Gasteiger partial charge in [0.25, 0.3) is 0 Å². The number of hydrogen-bond acceptors (Lipinski definition) is 5. The van der Waals surface area contributed by atoms with Gasteiger partial charge < -0.3 is 14.0 Å². The molecular formula is C25H25BrN2O4S. The van der Waals surface area contributed by atoms with Crippen LogP contribution >= 0.6 is 15.9 Å². The average molecular weight is 529 g/mol. The molecule has 1 aliphatic heterocycles. The molecule has 1 atom stereocenters.